The van der Waals surface area contributed by atoms with Gasteiger partial charge in [0.15, 0.2) is 11.5 Å². The van der Waals surface area contributed by atoms with Gasteiger partial charge >= 0.3 is 0 Å². The molecule has 0 N–H and O–H groups in total. The Bertz CT molecular complexity index is 321. The van der Waals surface area contributed by atoms with Gasteiger partial charge in [-0.25, -0.2) is 0 Å². The third kappa shape index (κ3) is 5.36. The summed E-state index contributed by atoms with van der Waals surface area (Å²) < 4.78 is 16.9. The van der Waals surface area contributed by atoms with Gasteiger partial charge in [0.1, 0.15) is 0 Å². The molecule has 0 atom stereocenters. The number of para-hydroxylation sites is 1. The average molecular weight is 447 g/mol. The van der Waals surface area contributed by atoms with E-state index in [-0.39, 0.29) is 0 Å². The van der Waals surface area contributed by atoms with Crippen molar-refractivity contribution >= 4 is 47.8 Å². The molecule has 0 aromatic heterocycles. The number of alkyl halides is 3. The predicted molar refractivity (Wildman–Crippen MR) is 84.3 cm³/mol. The maximum absolute atomic E-state index is 5.68. The standard InChI is InChI=1S/C12H15Br3O3/c13-4-7-16-10-2-1-3-11(17-8-5-14)12(10)18-9-6-15/h1-3H,4-9H2. The smallest absolute Gasteiger partial charge is 0.203 e. The topological polar surface area (TPSA) is 27.7 Å². The number of hydrogen-bond donors (Lipinski definition) is 0. The van der Waals surface area contributed by atoms with E-state index in [4.69, 9.17) is 14.2 Å². The van der Waals surface area contributed by atoms with Gasteiger partial charge in [-0.1, -0.05) is 53.9 Å². The zero-order valence-electron chi connectivity index (χ0n) is 9.83. The van der Waals surface area contributed by atoms with E-state index < -0.39 is 0 Å². The Morgan fingerprint density at radius 3 is 1.61 bits per heavy atom. The van der Waals surface area contributed by atoms with Crippen LogP contribution in [0.25, 0.3) is 0 Å². The lowest BCUT2D eigenvalue weighted by atomic mass is 10.3. The second-order valence-corrected chi connectivity index (χ2v) is 5.57. The van der Waals surface area contributed by atoms with E-state index in [1.807, 2.05) is 18.2 Å². The summed E-state index contributed by atoms with van der Waals surface area (Å²) in [6, 6.07) is 5.66. The van der Waals surface area contributed by atoms with Gasteiger partial charge in [0.25, 0.3) is 0 Å². The predicted octanol–water partition coefficient (Wildman–Crippen LogP) is 4.01. The third-order valence-corrected chi connectivity index (χ3v) is 2.91. The van der Waals surface area contributed by atoms with Crippen molar-refractivity contribution in [2.45, 2.75) is 0 Å². The van der Waals surface area contributed by atoms with Crippen LogP contribution in [0.2, 0.25) is 0 Å². The van der Waals surface area contributed by atoms with Crippen molar-refractivity contribution in [3.63, 3.8) is 0 Å². The summed E-state index contributed by atoms with van der Waals surface area (Å²) in [6.07, 6.45) is 0. The van der Waals surface area contributed by atoms with Gasteiger partial charge < -0.3 is 14.2 Å². The van der Waals surface area contributed by atoms with Gasteiger partial charge in [0.2, 0.25) is 5.75 Å². The van der Waals surface area contributed by atoms with Gasteiger partial charge in [0, 0.05) is 16.0 Å². The summed E-state index contributed by atoms with van der Waals surface area (Å²) in [5, 5.41) is 2.31. The lowest BCUT2D eigenvalue weighted by molar-refractivity contribution is 0.265. The molecule has 3 nitrogen and oxygen atoms in total. The van der Waals surface area contributed by atoms with E-state index in [1.54, 1.807) is 0 Å². The summed E-state index contributed by atoms with van der Waals surface area (Å²) in [5.74, 6) is 2.09. The highest BCUT2D eigenvalue weighted by Gasteiger charge is 2.12. The van der Waals surface area contributed by atoms with Gasteiger partial charge in [-0.3, -0.25) is 0 Å². The summed E-state index contributed by atoms with van der Waals surface area (Å²) in [5.41, 5.74) is 0. The third-order valence-electron chi connectivity index (χ3n) is 1.94. The van der Waals surface area contributed by atoms with Crippen LogP contribution in [0.15, 0.2) is 18.2 Å². The highest BCUT2D eigenvalue weighted by atomic mass is 79.9. The zero-order valence-corrected chi connectivity index (χ0v) is 14.6. The van der Waals surface area contributed by atoms with Crippen molar-refractivity contribution in [3.05, 3.63) is 18.2 Å². The van der Waals surface area contributed by atoms with Crippen molar-refractivity contribution in [1.29, 1.82) is 0 Å². The van der Waals surface area contributed by atoms with E-state index in [0.29, 0.717) is 37.1 Å². The summed E-state index contributed by atoms with van der Waals surface area (Å²) in [7, 11) is 0. The fourth-order valence-corrected chi connectivity index (χ4v) is 1.79. The van der Waals surface area contributed by atoms with Crippen LogP contribution in [0.3, 0.4) is 0 Å². The molecule has 0 aliphatic rings. The van der Waals surface area contributed by atoms with Crippen LogP contribution in [0, 0.1) is 0 Å². The monoisotopic (exact) mass is 444 g/mol. The molecule has 1 rings (SSSR count). The van der Waals surface area contributed by atoms with Gasteiger partial charge in [-0.05, 0) is 12.1 Å². The number of halogens is 3. The zero-order chi connectivity index (χ0) is 13.2. The Balaban J connectivity index is 2.85. The van der Waals surface area contributed by atoms with E-state index in [2.05, 4.69) is 47.8 Å². The molecule has 0 heterocycles. The van der Waals surface area contributed by atoms with Crippen LogP contribution in [0.1, 0.15) is 0 Å². The molecule has 6 heteroatoms. The molecule has 0 aliphatic heterocycles. The lowest BCUT2D eigenvalue weighted by Crippen LogP contribution is -2.06. The maximum Gasteiger partial charge on any atom is 0.203 e. The minimum absolute atomic E-state index is 0.569. The van der Waals surface area contributed by atoms with E-state index in [9.17, 15) is 0 Å². The molecule has 0 saturated carbocycles. The molecule has 18 heavy (non-hydrogen) atoms. The van der Waals surface area contributed by atoms with Crippen molar-refractivity contribution in [3.8, 4) is 17.2 Å². The van der Waals surface area contributed by atoms with Crippen LogP contribution >= 0.6 is 47.8 Å². The fraction of sp³-hybridized carbons (Fsp3) is 0.500. The Morgan fingerprint density at radius 2 is 1.17 bits per heavy atom. The van der Waals surface area contributed by atoms with Crippen molar-refractivity contribution in [2.24, 2.45) is 0 Å². The van der Waals surface area contributed by atoms with Gasteiger partial charge in [0.05, 0.1) is 19.8 Å². The first-order chi connectivity index (χ1) is 8.83. The molecule has 0 saturated heterocycles. The Labute approximate surface area is 133 Å². The van der Waals surface area contributed by atoms with E-state index >= 15 is 0 Å². The molecular formula is C12H15Br3O3. The second kappa shape index (κ2) is 9.92. The molecule has 0 amide bonds. The first kappa shape index (κ1) is 16.1. The molecule has 1 aromatic carbocycles. The van der Waals surface area contributed by atoms with Crippen molar-refractivity contribution in [1.82, 2.24) is 0 Å². The fourth-order valence-electron chi connectivity index (χ4n) is 1.30. The van der Waals surface area contributed by atoms with Crippen molar-refractivity contribution < 1.29 is 14.2 Å². The quantitative estimate of drug-likeness (QED) is 0.536. The molecule has 102 valence electrons. The SMILES string of the molecule is BrCCOc1cccc(OCCBr)c1OCCBr. The lowest BCUT2D eigenvalue weighted by Gasteiger charge is -2.15. The highest BCUT2D eigenvalue weighted by molar-refractivity contribution is 9.09. The summed E-state index contributed by atoms with van der Waals surface area (Å²) in [6.45, 7) is 1.75. The Kier molecular flexibility index (Phi) is 8.88. The number of benzene rings is 1. The molecule has 0 fully saturated rings. The molecule has 0 unspecified atom stereocenters. The van der Waals surface area contributed by atoms with Gasteiger partial charge in [-0.2, -0.15) is 0 Å². The molecular weight excluding hydrogens is 432 g/mol. The molecule has 1 aromatic rings. The minimum atomic E-state index is 0.569. The largest absolute Gasteiger partial charge is 0.489 e. The molecule has 0 aliphatic carbocycles. The molecule has 0 spiro atoms. The van der Waals surface area contributed by atoms with Crippen molar-refractivity contribution in [2.75, 3.05) is 35.8 Å². The normalized spacial score (nSPS) is 10.2. The van der Waals surface area contributed by atoms with Crippen LogP contribution in [-0.2, 0) is 0 Å². The maximum atomic E-state index is 5.68. The van der Waals surface area contributed by atoms with Crippen LogP contribution in [0.4, 0.5) is 0 Å². The average Bonchev–Trinajstić information content (AvgIpc) is 2.41. The number of ether oxygens (including phenoxy) is 3. The second-order valence-electron chi connectivity index (χ2n) is 3.20. The molecule has 0 radical (unpaired) electrons. The van der Waals surface area contributed by atoms with Crippen LogP contribution < -0.4 is 14.2 Å². The number of hydrogen-bond acceptors (Lipinski definition) is 3. The number of rotatable bonds is 9. The molecule has 0 bridgehead atoms. The Morgan fingerprint density at radius 1 is 0.722 bits per heavy atom. The summed E-state index contributed by atoms with van der Waals surface area (Å²) >= 11 is 10.0. The minimum Gasteiger partial charge on any atom is -0.489 e. The van der Waals surface area contributed by atoms with Crippen LogP contribution in [0.5, 0.6) is 17.2 Å². The van der Waals surface area contributed by atoms with Crippen LogP contribution in [-0.4, -0.2) is 35.8 Å². The first-order valence-electron chi connectivity index (χ1n) is 5.52. The first-order valence-corrected chi connectivity index (χ1v) is 8.89. The van der Waals surface area contributed by atoms with E-state index in [0.717, 1.165) is 16.0 Å². The highest BCUT2D eigenvalue weighted by Crippen LogP contribution is 2.37. The summed E-state index contributed by atoms with van der Waals surface area (Å²) in [4.78, 5) is 0. The Hall–Kier alpha value is 0.0600. The van der Waals surface area contributed by atoms with E-state index in [1.165, 1.54) is 0 Å². The van der Waals surface area contributed by atoms with Gasteiger partial charge in [-0.15, -0.1) is 0 Å².